The van der Waals surface area contributed by atoms with Gasteiger partial charge in [-0.15, -0.1) is 11.8 Å². The molecule has 3 rings (SSSR count). The lowest BCUT2D eigenvalue weighted by molar-refractivity contribution is -0.141. The molecule has 2 amide bonds. The third-order valence-corrected chi connectivity index (χ3v) is 7.56. The van der Waals surface area contributed by atoms with Crippen LogP contribution in [0.15, 0.2) is 83.8 Å². The molecular formula is C30H35ClN2O2S. The van der Waals surface area contributed by atoms with Crippen LogP contribution in [0.5, 0.6) is 0 Å². The van der Waals surface area contributed by atoms with Gasteiger partial charge in [-0.3, -0.25) is 9.59 Å². The Morgan fingerprint density at radius 2 is 1.64 bits per heavy atom. The molecule has 0 aliphatic carbocycles. The van der Waals surface area contributed by atoms with Gasteiger partial charge in [-0.05, 0) is 49.6 Å². The van der Waals surface area contributed by atoms with Gasteiger partial charge in [0.1, 0.15) is 6.04 Å². The molecule has 1 N–H and O–H groups in total. The Bertz CT molecular complexity index is 1120. The molecule has 36 heavy (non-hydrogen) atoms. The summed E-state index contributed by atoms with van der Waals surface area (Å²) in [4.78, 5) is 30.0. The van der Waals surface area contributed by atoms with E-state index in [-0.39, 0.29) is 24.4 Å². The van der Waals surface area contributed by atoms with Gasteiger partial charge in [0.25, 0.3) is 0 Å². The maximum Gasteiger partial charge on any atom is 0.243 e. The van der Waals surface area contributed by atoms with Crippen molar-refractivity contribution in [2.24, 2.45) is 0 Å². The van der Waals surface area contributed by atoms with E-state index in [1.165, 1.54) is 5.56 Å². The van der Waals surface area contributed by atoms with Gasteiger partial charge in [-0.1, -0.05) is 84.8 Å². The number of amides is 2. The third-order valence-electron chi connectivity index (χ3n) is 6.18. The molecule has 0 bridgehead atoms. The normalized spacial score (nSPS) is 12.6. The fourth-order valence-electron chi connectivity index (χ4n) is 3.84. The number of hydrogen-bond acceptors (Lipinski definition) is 3. The molecule has 0 saturated carbocycles. The monoisotopic (exact) mass is 522 g/mol. The van der Waals surface area contributed by atoms with Crippen molar-refractivity contribution in [2.75, 3.05) is 5.75 Å². The lowest BCUT2D eigenvalue weighted by atomic mass is 10.0. The van der Waals surface area contributed by atoms with Gasteiger partial charge < -0.3 is 10.2 Å². The first-order valence-corrected chi connectivity index (χ1v) is 13.8. The van der Waals surface area contributed by atoms with Crippen LogP contribution in [0, 0.1) is 6.92 Å². The lowest BCUT2D eigenvalue weighted by Gasteiger charge is -2.32. The van der Waals surface area contributed by atoms with E-state index >= 15 is 0 Å². The topological polar surface area (TPSA) is 49.4 Å². The van der Waals surface area contributed by atoms with E-state index in [0.29, 0.717) is 23.6 Å². The smallest absolute Gasteiger partial charge is 0.243 e. The van der Waals surface area contributed by atoms with Crippen LogP contribution in [0.25, 0.3) is 0 Å². The standard InChI is InChI=1S/C30H35ClN2O2S/c1-4-23(3)32-30(35)28(20-24-10-6-5-7-11-24)33(21-25-12-8-9-13-27(25)31)29(34)18-19-36-26-16-14-22(2)15-17-26/h5-17,23,28H,4,18-21H2,1-3H3,(H,32,35)/t23-,28-/m0/s1. The second kappa shape index (κ2) is 14.1. The Hall–Kier alpha value is -2.76. The molecule has 3 aromatic carbocycles. The van der Waals surface area contributed by atoms with Crippen LogP contribution in [0.3, 0.4) is 0 Å². The second-order valence-corrected chi connectivity index (χ2v) is 10.6. The predicted molar refractivity (Wildman–Crippen MR) is 150 cm³/mol. The molecule has 190 valence electrons. The van der Waals surface area contributed by atoms with E-state index in [9.17, 15) is 9.59 Å². The minimum Gasteiger partial charge on any atom is -0.352 e. The fourth-order valence-corrected chi connectivity index (χ4v) is 4.88. The molecule has 4 nitrogen and oxygen atoms in total. The number of carbonyl (C=O) groups is 2. The van der Waals surface area contributed by atoms with Crippen LogP contribution < -0.4 is 5.32 Å². The first-order valence-electron chi connectivity index (χ1n) is 12.4. The third kappa shape index (κ3) is 8.42. The maximum atomic E-state index is 13.7. The fraction of sp³-hybridized carbons (Fsp3) is 0.333. The average Bonchev–Trinajstić information content (AvgIpc) is 2.88. The Labute approximate surface area is 224 Å². The molecule has 0 aromatic heterocycles. The highest BCUT2D eigenvalue weighted by Gasteiger charge is 2.31. The van der Waals surface area contributed by atoms with E-state index in [1.807, 2.05) is 68.4 Å². The number of aryl methyl sites for hydroxylation is 1. The summed E-state index contributed by atoms with van der Waals surface area (Å²) in [5.74, 6) is 0.431. The number of nitrogens with zero attached hydrogens (tertiary/aromatic N) is 1. The Balaban J connectivity index is 1.86. The molecule has 0 heterocycles. The van der Waals surface area contributed by atoms with Crippen LogP contribution in [0.1, 0.15) is 43.4 Å². The number of halogens is 1. The maximum absolute atomic E-state index is 13.7. The van der Waals surface area contributed by atoms with Gasteiger partial charge in [0, 0.05) is 41.1 Å². The number of carbonyl (C=O) groups excluding carboxylic acids is 2. The summed E-state index contributed by atoms with van der Waals surface area (Å²) in [5.41, 5.74) is 3.04. The van der Waals surface area contributed by atoms with Gasteiger partial charge in [0.2, 0.25) is 11.8 Å². The van der Waals surface area contributed by atoms with Crippen molar-refractivity contribution in [3.8, 4) is 0 Å². The predicted octanol–water partition coefficient (Wildman–Crippen LogP) is 6.69. The number of nitrogens with one attached hydrogen (secondary N) is 1. The van der Waals surface area contributed by atoms with Crippen molar-refractivity contribution < 1.29 is 9.59 Å². The first-order chi connectivity index (χ1) is 17.4. The quantitative estimate of drug-likeness (QED) is 0.270. The number of hydrogen-bond donors (Lipinski definition) is 1. The number of benzene rings is 3. The van der Waals surface area contributed by atoms with Crippen LogP contribution in [0.2, 0.25) is 5.02 Å². The van der Waals surface area contributed by atoms with Crippen LogP contribution in [-0.4, -0.2) is 34.6 Å². The van der Waals surface area contributed by atoms with E-state index in [4.69, 9.17) is 11.6 Å². The van der Waals surface area contributed by atoms with E-state index < -0.39 is 6.04 Å². The van der Waals surface area contributed by atoms with Gasteiger partial charge >= 0.3 is 0 Å². The molecule has 0 saturated heterocycles. The van der Waals surface area contributed by atoms with E-state index in [0.717, 1.165) is 22.4 Å². The van der Waals surface area contributed by atoms with Crippen molar-refractivity contribution in [2.45, 2.75) is 63.6 Å². The summed E-state index contributed by atoms with van der Waals surface area (Å²) in [5, 5.41) is 3.69. The summed E-state index contributed by atoms with van der Waals surface area (Å²) in [6.45, 7) is 6.35. The van der Waals surface area contributed by atoms with Gasteiger partial charge in [0.05, 0.1) is 0 Å². The van der Waals surface area contributed by atoms with Crippen molar-refractivity contribution in [3.63, 3.8) is 0 Å². The van der Waals surface area contributed by atoms with Crippen LogP contribution in [0.4, 0.5) is 0 Å². The average molecular weight is 523 g/mol. The largest absolute Gasteiger partial charge is 0.352 e. The highest BCUT2D eigenvalue weighted by molar-refractivity contribution is 7.99. The zero-order chi connectivity index (χ0) is 25.9. The second-order valence-electron chi connectivity index (χ2n) is 9.05. The summed E-state index contributed by atoms with van der Waals surface area (Å²) in [7, 11) is 0. The summed E-state index contributed by atoms with van der Waals surface area (Å²) >= 11 is 8.13. The number of thioether (sulfide) groups is 1. The van der Waals surface area contributed by atoms with Crippen molar-refractivity contribution in [3.05, 3.63) is 101 Å². The Morgan fingerprint density at radius 3 is 2.31 bits per heavy atom. The van der Waals surface area contributed by atoms with Gasteiger partial charge in [0.15, 0.2) is 0 Å². The minimum absolute atomic E-state index is 0.0186. The van der Waals surface area contributed by atoms with Crippen LogP contribution in [-0.2, 0) is 22.6 Å². The molecule has 0 unspecified atom stereocenters. The Kier molecular flexibility index (Phi) is 10.9. The van der Waals surface area contributed by atoms with Gasteiger partial charge in [-0.25, -0.2) is 0 Å². The molecule has 0 aliphatic heterocycles. The molecule has 6 heteroatoms. The summed E-state index contributed by atoms with van der Waals surface area (Å²) in [6, 6.07) is 25.0. The number of rotatable bonds is 12. The van der Waals surface area contributed by atoms with Gasteiger partial charge in [-0.2, -0.15) is 0 Å². The zero-order valence-corrected chi connectivity index (χ0v) is 22.8. The SMILES string of the molecule is CC[C@H](C)NC(=O)[C@H](Cc1ccccc1)N(Cc1ccccc1Cl)C(=O)CCSc1ccc(C)cc1. The summed E-state index contributed by atoms with van der Waals surface area (Å²) in [6.07, 6.45) is 1.57. The van der Waals surface area contributed by atoms with Crippen LogP contribution >= 0.6 is 23.4 Å². The highest BCUT2D eigenvalue weighted by Crippen LogP contribution is 2.23. The van der Waals surface area contributed by atoms with Crippen molar-refractivity contribution >= 4 is 35.2 Å². The minimum atomic E-state index is -0.644. The molecule has 0 radical (unpaired) electrons. The first kappa shape index (κ1) is 27.8. The molecule has 0 aliphatic rings. The molecule has 2 atom stereocenters. The zero-order valence-electron chi connectivity index (χ0n) is 21.2. The summed E-state index contributed by atoms with van der Waals surface area (Å²) < 4.78 is 0. The van der Waals surface area contributed by atoms with E-state index in [1.54, 1.807) is 16.7 Å². The van der Waals surface area contributed by atoms with E-state index in [2.05, 4.69) is 36.5 Å². The molecule has 0 fully saturated rings. The molecule has 0 spiro atoms. The highest BCUT2D eigenvalue weighted by atomic mass is 35.5. The molecule has 3 aromatic rings. The Morgan fingerprint density at radius 1 is 0.972 bits per heavy atom. The lowest BCUT2D eigenvalue weighted by Crippen LogP contribution is -2.52. The molecular weight excluding hydrogens is 488 g/mol. The van der Waals surface area contributed by atoms with Crippen molar-refractivity contribution in [1.82, 2.24) is 10.2 Å². The van der Waals surface area contributed by atoms with Crippen molar-refractivity contribution in [1.29, 1.82) is 0 Å².